The Morgan fingerprint density at radius 2 is 1.46 bits per heavy atom. The highest BCUT2D eigenvalue weighted by Gasteiger charge is 2.47. The summed E-state index contributed by atoms with van der Waals surface area (Å²) in [6, 6.07) is 13.9. The van der Waals surface area contributed by atoms with Crippen LogP contribution in [-0.4, -0.2) is 57.0 Å². The van der Waals surface area contributed by atoms with Gasteiger partial charge in [-0.1, -0.05) is 30.3 Å². The van der Waals surface area contributed by atoms with Crippen molar-refractivity contribution >= 4 is 29.3 Å². The number of nitrogens with zero attached hydrogens (tertiary/aromatic N) is 4. The van der Waals surface area contributed by atoms with Crippen molar-refractivity contribution in [3.63, 3.8) is 0 Å². The predicted octanol–water partition coefficient (Wildman–Crippen LogP) is 3.70. The van der Waals surface area contributed by atoms with Gasteiger partial charge in [0.15, 0.2) is 5.78 Å². The molecular formula is C25H22N4O6. The van der Waals surface area contributed by atoms with E-state index in [1.807, 2.05) is 0 Å². The second-order valence-corrected chi connectivity index (χ2v) is 8.26. The van der Waals surface area contributed by atoms with Crippen molar-refractivity contribution in [1.29, 1.82) is 0 Å². The van der Waals surface area contributed by atoms with Crippen molar-refractivity contribution in [1.82, 2.24) is 14.4 Å². The highest BCUT2D eigenvalue weighted by atomic mass is 16.6. The average Bonchev–Trinajstić information content (AvgIpc) is 3.14. The molecule has 0 saturated carbocycles. The summed E-state index contributed by atoms with van der Waals surface area (Å²) in [5, 5.41) is 11.2. The first kappa shape index (κ1) is 23.6. The van der Waals surface area contributed by atoms with Gasteiger partial charge < -0.3 is 4.57 Å². The fraction of sp³-hybridized carbons (Fsp3) is 0.200. The zero-order valence-corrected chi connectivity index (χ0v) is 19.5. The van der Waals surface area contributed by atoms with Crippen LogP contribution in [-0.2, 0) is 9.59 Å². The zero-order valence-electron chi connectivity index (χ0n) is 19.5. The van der Waals surface area contributed by atoms with Gasteiger partial charge in [-0.15, -0.1) is 0 Å². The van der Waals surface area contributed by atoms with Crippen LogP contribution in [0.1, 0.15) is 34.5 Å². The lowest BCUT2D eigenvalue weighted by Gasteiger charge is -2.33. The van der Waals surface area contributed by atoms with E-state index in [4.69, 9.17) is 0 Å². The number of non-ortho nitro benzene ring substituents is 1. The number of aromatic nitrogens is 1. The number of nitro benzene ring substituents is 1. The highest BCUT2D eigenvalue weighted by Crippen LogP contribution is 2.41. The standard InChI is InChI=1S/C25H22N4O6/c1-14-19(15(2)30)20(21-23(31)26(3)25(33)27(4)24(21)32)22(16-8-6-5-7-9-16)28(14)17-10-12-18(13-11-17)29(34)35/h5-13,21H,1-4H3. The molecule has 3 aromatic rings. The number of benzene rings is 2. The molecule has 1 aliphatic rings. The SMILES string of the molecule is CC(=O)c1c(C2C(=O)N(C)C(=O)N(C)C2=O)c(-c2ccccc2)n(-c2ccc([N+](=O)[O-])cc2)c1C. The van der Waals surface area contributed by atoms with Gasteiger partial charge in [0, 0.05) is 48.7 Å². The molecule has 35 heavy (non-hydrogen) atoms. The Morgan fingerprint density at radius 3 is 1.94 bits per heavy atom. The van der Waals surface area contributed by atoms with Crippen molar-refractivity contribution in [2.75, 3.05) is 14.1 Å². The molecule has 178 valence electrons. The third-order valence-corrected chi connectivity index (χ3v) is 6.18. The van der Waals surface area contributed by atoms with E-state index >= 15 is 0 Å². The number of Topliss-reactive ketones (excluding diaryl/α,β-unsaturated/α-hetero) is 1. The number of urea groups is 1. The summed E-state index contributed by atoms with van der Waals surface area (Å²) < 4.78 is 1.71. The van der Waals surface area contributed by atoms with Crippen LogP contribution in [0.5, 0.6) is 0 Å². The first-order valence-corrected chi connectivity index (χ1v) is 10.7. The minimum Gasteiger partial charge on any atom is -0.313 e. The molecule has 2 heterocycles. The molecule has 0 unspecified atom stereocenters. The van der Waals surface area contributed by atoms with Crippen molar-refractivity contribution in [2.45, 2.75) is 19.8 Å². The van der Waals surface area contributed by atoms with Crippen LogP contribution in [0.4, 0.5) is 10.5 Å². The number of imide groups is 2. The smallest absolute Gasteiger partial charge is 0.313 e. The van der Waals surface area contributed by atoms with Crippen LogP contribution in [0.2, 0.25) is 0 Å². The van der Waals surface area contributed by atoms with Crippen LogP contribution in [0.25, 0.3) is 16.9 Å². The van der Waals surface area contributed by atoms with Crippen LogP contribution < -0.4 is 0 Å². The van der Waals surface area contributed by atoms with Crippen LogP contribution in [0.15, 0.2) is 54.6 Å². The number of carbonyl (C=O) groups is 4. The van der Waals surface area contributed by atoms with Crippen molar-refractivity contribution in [2.24, 2.45) is 0 Å². The van der Waals surface area contributed by atoms with Gasteiger partial charge in [-0.05, 0) is 31.5 Å². The molecule has 1 aliphatic heterocycles. The Hall–Kier alpha value is -4.60. The average molecular weight is 474 g/mol. The van der Waals surface area contributed by atoms with Gasteiger partial charge >= 0.3 is 6.03 Å². The van der Waals surface area contributed by atoms with Gasteiger partial charge in [0.2, 0.25) is 11.8 Å². The molecule has 4 rings (SSSR count). The molecule has 10 nitrogen and oxygen atoms in total. The number of likely N-dealkylation sites (N-methyl/N-ethyl adjacent to an activating group) is 2. The Labute approximate surface area is 200 Å². The maximum Gasteiger partial charge on any atom is 0.332 e. The van der Waals surface area contributed by atoms with Crippen LogP contribution >= 0.6 is 0 Å². The molecule has 0 spiro atoms. The molecule has 0 N–H and O–H groups in total. The molecule has 0 radical (unpaired) electrons. The Kier molecular flexibility index (Phi) is 5.81. The molecule has 0 bridgehead atoms. The van der Waals surface area contributed by atoms with E-state index in [0.29, 0.717) is 22.6 Å². The predicted molar refractivity (Wildman–Crippen MR) is 126 cm³/mol. The number of amides is 4. The lowest BCUT2D eigenvalue weighted by molar-refractivity contribution is -0.384. The summed E-state index contributed by atoms with van der Waals surface area (Å²) >= 11 is 0. The fourth-order valence-corrected chi connectivity index (χ4v) is 4.52. The van der Waals surface area contributed by atoms with E-state index in [1.165, 1.54) is 45.3 Å². The first-order valence-electron chi connectivity index (χ1n) is 10.7. The van der Waals surface area contributed by atoms with Crippen molar-refractivity contribution in [3.8, 4) is 16.9 Å². The van der Waals surface area contributed by atoms with E-state index in [0.717, 1.165) is 9.80 Å². The summed E-state index contributed by atoms with van der Waals surface area (Å²) in [4.78, 5) is 64.2. The van der Waals surface area contributed by atoms with Gasteiger partial charge in [-0.3, -0.25) is 34.3 Å². The van der Waals surface area contributed by atoms with Crippen molar-refractivity contribution < 1.29 is 24.1 Å². The molecular weight excluding hydrogens is 452 g/mol. The summed E-state index contributed by atoms with van der Waals surface area (Å²) in [5.41, 5.74) is 2.29. The molecule has 4 amide bonds. The number of barbiturate groups is 1. The summed E-state index contributed by atoms with van der Waals surface area (Å²) in [7, 11) is 2.58. The molecule has 0 aliphatic carbocycles. The largest absolute Gasteiger partial charge is 0.332 e. The Morgan fingerprint density at radius 1 is 0.914 bits per heavy atom. The van der Waals surface area contributed by atoms with Gasteiger partial charge in [0.1, 0.15) is 5.92 Å². The highest BCUT2D eigenvalue weighted by molar-refractivity contribution is 6.21. The Bertz CT molecular complexity index is 1370. The fourth-order valence-electron chi connectivity index (χ4n) is 4.52. The van der Waals surface area contributed by atoms with E-state index in [-0.39, 0.29) is 22.6 Å². The maximum atomic E-state index is 13.3. The van der Waals surface area contributed by atoms with Crippen molar-refractivity contribution in [3.05, 3.63) is 81.5 Å². The molecule has 1 fully saturated rings. The van der Waals surface area contributed by atoms with E-state index in [1.54, 1.807) is 41.8 Å². The maximum absolute atomic E-state index is 13.3. The van der Waals surface area contributed by atoms with Crippen LogP contribution in [0.3, 0.4) is 0 Å². The molecule has 2 aromatic carbocycles. The summed E-state index contributed by atoms with van der Waals surface area (Å²) in [6.07, 6.45) is 0. The third kappa shape index (κ3) is 3.68. The number of carbonyl (C=O) groups excluding carboxylic acids is 4. The minimum atomic E-state index is -1.42. The van der Waals surface area contributed by atoms with Gasteiger partial charge in [-0.25, -0.2) is 4.79 Å². The molecule has 1 saturated heterocycles. The third-order valence-electron chi connectivity index (χ3n) is 6.18. The number of hydrogen-bond acceptors (Lipinski definition) is 6. The lowest BCUT2D eigenvalue weighted by Crippen LogP contribution is -2.56. The second kappa shape index (κ2) is 8.64. The summed E-state index contributed by atoms with van der Waals surface area (Å²) in [6.45, 7) is 3.03. The van der Waals surface area contributed by atoms with Gasteiger partial charge in [-0.2, -0.15) is 0 Å². The van der Waals surface area contributed by atoms with Gasteiger partial charge in [0.25, 0.3) is 5.69 Å². The zero-order chi connectivity index (χ0) is 25.6. The number of nitro groups is 1. The number of ketones is 1. The quantitative estimate of drug-likeness (QED) is 0.240. The second-order valence-electron chi connectivity index (χ2n) is 8.26. The number of rotatable bonds is 5. The summed E-state index contributed by atoms with van der Waals surface area (Å²) in [5.74, 6) is -3.26. The topological polar surface area (TPSA) is 123 Å². The van der Waals surface area contributed by atoms with Gasteiger partial charge in [0.05, 0.1) is 10.6 Å². The van der Waals surface area contributed by atoms with E-state index < -0.39 is 28.7 Å². The minimum absolute atomic E-state index is 0.105. The lowest BCUT2D eigenvalue weighted by atomic mass is 9.87. The van der Waals surface area contributed by atoms with Crippen LogP contribution in [0, 0.1) is 17.0 Å². The molecule has 0 atom stereocenters. The molecule has 1 aromatic heterocycles. The normalized spacial score (nSPS) is 14.6. The van der Waals surface area contributed by atoms with E-state index in [2.05, 4.69) is 0 Å². The number of hydrogen-bond donors (Lipinski definition) is 0. The first-order chi connectivity index (χ1) is 16.6. The monoisotopic (exact) mass is 474 g/mol. The molecule has 10 heteroatoms. The van der Waals surface area contributed by atoms with E-state index in [9.17, 15) is 29.3 Å². The Balaban J connectivity index is 2.10.